The molecule has 5 aromatic rings. The quantitative estimate of drug-likeness (QED) is 0.0488. The maximum atomic E-state index is 13.1. The highest BCUT2D eigenvalue weighted by molar-refractivity contribution is 7.93. The number of halogens is 3. The molecule has 0 aliphatic heterocycles. The van der Waals surface area contributed by atoms with Crippen LogP contribution < -0.4 is 5.73 Å². The first kappa shape index (κ1) is 54.1. The smallest absolute Gasteiger partial charge is 0.334 e. The number of sulfone groups is 2. The summed E-state index contributed by atoms with van der Waals surface area (Å²) >= 11 is 18.2. The van der Waals surface area contributed by atoms with Gasteiger partial charge in [0.05, 0.1) is 57.6 Å². The maximum Gasteiger partial charge on any atom is 0.334 e. The van der Waals surface area contributed by atoms with Gasteiger partial charge in [-0.3, -0.25) is 0 Å². The molecule has 4 N–H and O–H groups in total. The van der Waals surface area contributed by atoms with Gasteiger partial charge in [-0.1, -0.05) is 76.3 Å². The number of methoxy groups -OCH3 is 2. The highest BCUT2D eigenvalue weighted by Gasteiger charge is 2.42. The molecule has 63 heavy (non-hydrogen) atoms. The maximum absolute atomic E-state index is 13.1. The van der Waals surface area contributed by atoms with Crippen LogP contribution in [0.2, 0.25) is 15.1 Å². The number of quaternary nitrogens is 1. The van der Waals surface area contributed by atoms with Crippen molar-refractivity contribution < 1.29 is 57.7 Å². The minimum Gasteiger partial charge on any atom is -0.504 e. The number of nitrogens with two attached hydrogens (primary N) is 1. The third kappa shape index (κ3) is 10.9. The van der Waals surface area contributed by atoms with Gasteiger partial charge >= 0.3 is 10.0 Å². The summed E-state index contributed by atoms with van der Waals surface area (Å²) in [6, 6.07) is 8.98. The SMILES string of the molecule is CC(C)(C)c1nc2ccc(Cl)c(S(=O)(=O)C(C)(C)CO)c2o1.COCC(C)(C)S(=O)(=O)c1c(Cl)ccc(N)c1O.COC[N+](C)(C)S(=O)(=O)c1c(Cl)ccc2nc(C(C)(C)C)oc12. The van der Waals surface area contributed by atoms with E-state index in [0.717, 1.165) is 0 Å². The standard InChI is InChI=1S/C15H22ClN2O4S.C15H20ClNO4S.C11H16ClNO4S/c1-15(2,3)14-17-11-8-7-10(16)13(12(11)22-14)23(19,20)18(4,5)9-21-6;1-14(2,3)13-17-10-7-6-9(16)12(11(10)21-13)22(19,20)15(4,5)8-18;1-11(2,6-17-3)18(15,16)10-7(12)4-5-8(13)9(10)14/h7-8H,9H2,1-6H3;6-7,18H,8H2,1-5H3;4-5,14H,6,13H2,1-3H3/q+1;;. The van der Waals surface area contributed by atoms with Crippen molar-refractivity contribution in [3.05, 3.63) is 63.2 Å². The zero-order chi connectivity index (χ0) is 48.7. The van der Waals surface area contributed by atoms with Crippen LogP contribution in [0.4, 0.5) is 5.69 Å². The van der Waals surface area contributed by atoms with Crippen molar-refractivity contribution >= 4 is 92.4 Å². The molecule has 0 amide bonds. The van der Waals surface area contributed by atoms with E-state index in [1.807, 2.05) is 41.5 Å². The largest absolute Gasteiger partial charge is 0.504 e. The number of aliphatic hydroxyl groups excluding tert-OH is 1. The Morgan fingerprint density at radius 3 is 1.46 bits per heavy atom. The number of sulfonamides is 1. The number of phenols is 1. The Morgan fingerprint density at radius 2 is 1.05 bits per heavy atom. The van der Waals surface area contributed by atoms with Gasteiger partial charge in [-0.05, 0) is 64.1 Å². The number of fused-ring (bicyclic) bond motifs is 2. The molecule has 0 saturated carbocycles. The molecular weight excluding hydrogens is 943 g/mol. The number of hydrogen-bond donors (Lipinski definition) is 3. The van der Waals surface area contributed by atoms with Crippen LogP contribution in [0.3, 0.4) is 0 Å². The van der Waals surface area contributed by atoms with Crippen molar-refractivity contribution in [3.63, 3.8) is 0 Å². The Labute approximate surface area is 385 Å². The minimum atomic E-state index is -3.89. The van der Waals surface area contributed by atoms with Gasteiger partial charge in [0.15, 0.2) is 48.2 Å². The minimum absolute atomic E-state index is 0.0185. The molecule has 0 atom stereocenters. The monoisotopic (exact) mass is 999 g/mol. The number of anilines is 1. The summed E-state index contributed by atoms with van der Waals surface area (Å²) in [5, 5.41) is 19.3. The molecule has 5 rings (SSSR count). The van der Waals surface area contributed by atoms with Crippen molar-refractivity contribution in [1.82, 2.24) is 9.97 Å². The molecule has 0 saturated heterocycles. The first-order valence-electron chi connectivity index (χ1n) is 19.1. The summed E-state index contributed by atoms with van der Waals surface area (Å²) in [7, 11) is -5.69. The molecule has 3 aromatic carbocycles. The number of ether oxygens (including phenoxy) is 2. The van der Waals surface area contributed by atoms with E-state index in [1.54, 1.807) is 12.1 Å². The Morgan fingerprint density at radius 1 is 0.651 bits per heavy atom. The Balaban J connectivity index is 0.000000254. The highest BCUT2D eigenvalue weighted by atomic mass is 35.5. The highest BCUT2D eigenvalue weighted by Crippen LogP contribution is 2.41. The van der Waals surface area contributed by atoms with E-state index in [2.05, 4.69) is 9.97 Å². The van der Waals surface area contributed by atoms with E-state index in [4.69, 9.17) is 58.8 Å². The van der Waals surface area contributed by atoms with Gasteiger partial charge in [0.1, 0.15) is 20.8 Å². The lowest BCUT2D eigenvalue weighted by molar-refractivity contribution is -0.786. The fourth-order valence-corrected chi connectivity index (χ4v) is 11.3. The number of aromatic nitrogens is 2. The second-order valence-corrected chi connectivity index (χ2v) is 27.0. The zero-order valence-corrected chi connectivity index (χ0v) is 42.6. The Kier molecular flexibility index (Phi) is 16.3. The molecule has 0 radical (unpaired) electrons. The van der Waals surface area contributed by atoms with Crippen LogP contribution >= 0.6 is 34.8 Å². The molecule has 0 bridgehead atoms. The second kappa shape index (κ2) is 18.9. The fraction of sp³-hybridized carbons (Fsp3) is 0.512. The van der Waals surface area contributed by atoms with Crippen molar-refractivity contribution in [2.75, 3.05) is 54.0 Å². The van der Waals surface area contributed by atoms with E-state index >= 15 is 0 Å². The van der Waals surface area contributed by atoms with Crippen LogP contribution in [-0.2, 0) is 50.0 Å². The number of nitrogen functional groups attached to an aromatic ring is 1. The molecule has 2 heterocycles. The van der Waals surface area contributed by atoms with Crippen LogP contribution in [0.25, 0.3) is 22.2 Å². The topological polar surface area (TPSA) is 239 Å². The fourth-order valence-electron chi connectivity index (χ4n) is 5.53. The average Bonchev–Trinajstić information content (AvgIpc) is 3.79. The summed E-state index contributed by atoms with van der Waals surface area (Å²) in [6.07, 6.45) is 0. The predicted octanol–water partition coefficient (Wildman–Crippen LogP) is 8.30. The number of aliphatic hydroxyl groups is 1. The van der Waals surface area contributed by atoms with Gasteiger partial charge in [0.2, 0.25) is 11.8 Å². The molecule has 0 spiro atoms. The van der Waals surface area contributed by atoms with Gasteiger partial charge < -0.3 is 34.3 Å². The lowest BCUT2D eigenvalue weighted by Gasteiger charge is -2.27. The van der Waals surface area contributed by atoms with E-state index < -0.39 is 55.4 Å². The van der Waals surface area contributed by atoms with Crippen LogP contribution in [-0.4, -0.2) is 107 Å². The second-order valence-electron chi connectivity index (χ2n) is 18.4. The third-order valence-corrected chi connectivity index (χ3v) is 18.2. The Hall–Kier alpha value is -3.24. The lowest BCUT2D eigenvalue weighted by Crippen LogP contribution is -2.46. The molecule has 352 valence electrons. The zero-order valence-electron chi connectivity index (χ0n) is 37.8. The number of hydrogen-bond acceptors (Lipinski definition) is 15. The van der Waals surface area contributed by atoms with Crippen molar-refractivity contribution in [1.29, 1.82) is 0 Å². The van der Waals surface area contributed by atoms with Gasteiger partial charge in [-0.25, -0.2) is 26.8 Å². The van der Waals surface area contributed by atoms with Gasteiger partial charge in [0, 0.05) is 25.0 Å². The summed E-state index contributed by atoms with van der Waals surface area (Å²) in [5.41, 5.74) is 5.98. The summed E-state index contributed by atoms with van der Waals surface area (Å²) in [4.78, 5) is 8.23. The number of aromatic hydroxyl groups is 1. The van der Waals surface area contributed by atoms with E-state index in [-0.39, 0.29) is 70.8 Å². The summed E-state index contributed by atoms with van der Waals surface area (Å²) in [6.45, 7) is 16.9. The molecule has 16 nitrogen and oxygen atoms in total. The number of benzene rings is 3. The van der Waals surface area contributed by atoms with E-state index in [1.165, 1.54) is 80.3 Å². The Bertz CT molecular complexity index is 2810. The van der Waals surface area contributed by atoms with E-state index in [9.17, 15) is 35.5 Å². The molecule has 22 heteroatoms. The number of nitrogens with zero attached hydrogens (tertiary/aromatic N) is 3. The first-order valence-corrected chi connectivity index (χ1v) is 24.6. The summed E-state index contributed by atoms with van der Waals surface area (Å²) < 4.78 is 95.1. The molecule has 0 unspecified atom stereocenters. The number of rotatable bonds is 11. The third-order valence-electron chi connectivity index (χ3n) is 9.54. The molecule has 2 aromatic heterocycles. The molecule has 0 fully saturated rings. The molecular formula is C41H58Cl3N4O12S3+. The van der Waals surface area contributed by atoms with Crippen molar-refractivity contribution in [2.45, 2.75) is 104 Å². The first-order chi connectivity index (χ1) is 28.5. The molecule has 0 aliphatic rings. The van der Waals surface area contributed by atoms with Gasteiger partial charge in [0.25, 0.3) is 0 Å². The van der Waals surface area contributed by atoms with Crippen molar-refractivity contribution in [2.24, 2.45) is 0 Å². The predicted molar refractivity (Wildman–Crippen MR) is 246 cm³/mol. The van der Waals surface area contributed by atoms with E-state index in [0.29, 0.717) is 22.8 Å². The van der Waals surface area contributed by atoms with Crippen molar-refractivity contribution in [3.8, 4) is 5.75 Å². The number of oxazole rings is 2. The van der Waals surface area contributed by atoms with Crippen LogP contribution in [0.5, 0.6) is 5.75 Å². The number of phenolic OH excluding ortho intramolecular Hbond substituents is 1. The molecule has 0 aliphatic carbocycles. The normalized spacial score (nSPS) is 13.4. The van der Waals surface area contributed by atoms with Gasteiger partial charge in [-0.2, -0.15) is 12.3 Å². The average molecular weight is 1000 g/mol. The van der Waals surface area contributed by atoms with Crippen LogP contribution in [0.15, 0.2) is 59.9 Å². The summed E-state index contributed by atoms with van der Waals surface area (Å²) in [5.74, 6) is 0.373. The van der Waals surface area contributed by atoms with Gasteiger partial charge in [-0.15, -0.1) is 0 Å². The van der Waals surface area contributed by atoms with Crippen LogP contribution in [0, 0.1) is 0 Å². The van der Waals surface area contributed by atoms with Crippen LogP contribution in [0.1, 0.15) is 81.0 Å². The lowest BCUT2D eigenvalue weighted by atomic mass is 9.97.